The van der Waals surface area contributed by atoms with Crippen molar-refractivity contribution in [1.29, 1.82) is 0 Å². The summed E-state index contributed by atoms with van der Waals surface area (Å²) in [4.78, 5) is 0. The molecule has 0 fully saturated rings. The fourth-order valence-electron chi connectivity index (χ4n) is 1.99. The summed E-state index contributed by atoms with van der Waals surface area (Å²) >= 11 is 0. The van der Waals surface area contributed by atoms with E-state index >= 15 is 0 Å². The Labute approximate surface area is 109 Å². The molecule has 0 radical (unpaired) electrons. The summed E-state index contributed by atoms with van der Waals surface area (Å²) in [7, 11) is 0. The first-order valence-electron chi connectivity index (χ1n) is 6.85. The van der Waals surface area contributed by atoms with E-state index in [4.69, 9.17) is 9.47 Å². The molecule has 1 aliphatic heterocycles. The van der Waals surface area contributed by atoms with Gasteiger partial charge in [0.25, 0.3) is 0 Å². The molecule has 1 N–H and O–H groups in total. The fraction of sp³-hybridized carbons (Fsp3) is 0.600. The van der Waals surface area contributed by atoms with Crippen LogP contribution in [0.15, 0.2) is 18.2 Å². The third kappa shape index (κ3) is 3.91. The molecule has 3 heteroatoms. The van der Waals surface area contributed by atoms with Gasteiger partial charge in [-0.2, -0.15) is 0 Å². The first-order chi connectivity index (χ1) is 8.75. The number of rotatable bonds is 6. The van der Waals surface area contributed by atoms with Gasteiger partial charge in [0.1, 0.15) is 13.2 Å². The van der Waals surface area contributed by atoms with Crippen LogP contribution in [0.1, 0.15) is 25.8 Å². The minimum absolute atomic E-state index is 0.656. The highest BCUT2D eigenvalue weighted by Crippen LogP contribution is 2.30. The highest BCUT2D eigenvalue weighted by Gasteiger charge is 2.11. The second kappa shape index (κ2) is 6.64. The zero-order valence-electron chi connectivity index (χ0n) is 11.4. The Hall–Kier alpha value is -1.22. The molecule has 1 aliphatic rings. The van der Waals surface area contributed by atoms with E-state index in [1.54, 1.807) is 0 Å². The molecule has 0 amide bonds. The Balaban J connectivity index is 1.76. The number of benzene rings is 1. The van der Waals surface area contributed by atoms with Crippen molar-refractivity contribution in [2.45, 2.75) is 26.7 Å². The SMILES string of the molecule is CC(C)CCNCCc1ccc2c(c1)OCCO2. The van der Waals surface area contributed by atoms with E-state index in [1.165, 1.54) is 12.0 Å². The lowest BCUT2D eigenvalue weighted by Crippen LogP contribution is -2.20. The standard InChI is InChI=1S/C15H23NO2/c1-12(2)5-7-16-8-6-13-3-4-14-15(11-13)18-10-9-17-14/h3-4,11-12,16H,5-10H2,1-2H3. The third-order valence-electron chi connectivity index (χ3n) is 3.10. The van der Waals surface area contributed by atoms with E-state index in [0.717, 1.165) is 36.9 Å². The Morgan fingerprint density at radius 2 is 1.89 bits per heavy atom. The van der Waals surface area contributed by atoms with Gasteiger partial charge in [0.05, 0.1) is 0 Å². The van der Waals surface area contributed by atoms with Crippen molar-refractivity contribution in [3.63, 3.8) is 0 Å². The van der Waals surface area contributed by atoms with Crippen molar-refractivity contribution in [3.8, 4) is 11.5 Å². The fourth-order valence-corrected chi connectivity index (χ4v) is 1.99. The molecule has 100 valence electrons. The van der Waals surface area contributed by atoms with Crippen molar-refractivity contribution in [1.82, 2.24) is 5.32 Å². The van der Waals surface area contributed by atoms with Crippen LogP contribution in [0.25, 0.3) is 0 Å². The maximum Gasteiger partial charge on any atom is 0.161 e. The number of nitrogens with one attached hydrogen (secondary N) is 1. The molecule has 0 saturated carbocycles. The lowest BCUT2D eigenvalue weighted by molar-refractivity contribution is 0.171. The molecule has 18 heavy (non-hydrogen) atoms. The van der Waals surface area contributed by atoms with E-state index in [0.29, 0.717) is 13.2 Å². The lowest BCUT2D eigenvalue weighted by Gasteiger charge is -2.18. The van der Waals surface area contributed by atoms with Crippen LogP contribution in [0, 0.1) is 5.92 Å². The van der Waals surface area contributed by atoms with Crippen LogP contribution < -0.4 is 14.8 Å². The van der Waals surface area contributed by atoms with E-state index in [2.05, 4.69) is 31.3 Å². The Kier molecular flexibility index (Phi) is 4.88. The van der Waals surface area contributed by atoms with Crippen LogP contribution in [-0.2, 0) is 6.42 Å². The zero-order chi connectivity index (χ0) is 12.8. The molecule has 0 spiro atoms. The van der Waals surface area contributed by atoms with E-state index < -0.39 is 0 Å². The summed E-state index contributed by atoms with van der Waals surface area (Å²) in [5, 5.41) is 3.47. The van der Waals surface area contributed by atoms with Crippen molar-refractivity contribution in [2.75, 3.05) is 26.3 Å². The molecule has 0 bridgehead atoms. The summed E-state index contributed by atoms with van der Waals surface area (Å²) in [5.41, 5.74) is 1.30. The number of ether oxygens (including phenoxy) is 2. The predicted molar refractivity (Wildman–Crippen MR) is 73.5 cm³/mol. The average Bonchev–Trinajstić information content (AvgIpc) is 2.38. The summed E-state index contributed by atoms with van der Waals surface area (Å²) in [6, 6.07) is 6.23. The maximum absolute atomic E-state index is 5.58. The van der Waals surface area contributed by atoms with Gasteiger partial charge in [-0.25, -0.2) is 0 Å². The molecule has 1 aromatic rings. The van der Waals surface area contributed by atoms with Gasteiger partial charge in [-0.05, 0) is 49.5 Å². The van der Waals surface area contributed by atoms with Gasteiger partial charge in [0.15, 0.2) is 11.5 Å². The summed E-state index contributed by atoms with van der Waals surface area (Å²) in [5.74, 6) is 2.53. The van der Waals surface area contributed by atoms with Crippen LogP contribution in [-0.4, -0.2) is 26.3 Å². The molecule has 0 unspecified atom stereocenters. The molecule has 2 rings (SSSR count). The van der Waals surface area contributed by atoms with Crippen LogP contribution >= 0.6 is 0 Å². The smallest absolute Gasteiger partial charge is 0.161 e. The quantitative estimate of drug-likeness (QED) is 0.786. The second-order valence-corrected chi connectivity index (χ2v) is 5.16. The first kappa shape index (κ1) is 13.2. The van der Waals surface area contributed by atoms with Gasteiger partial charge in [0, 0.05) is 0 Å². The number of hydrogen-bond donors (Lipinski definition) is 1. The van der Waals surface area contributed by atoms with Gasteiger partial charge >= 0.3 is 0 Å². The molecule has 0 aliphatic carbocycles. The molecule has 0 aromatic heterocycles. The largest absolute Gasteiger partial charge is 0.486 e. The van der Waals surface area contributed by atoms with Crippen molar-refractivity contribution < 1.29 is 9.47 Å². The normalized spacial score (nSPS) is 13.9. The van der Waals surface area contributed by atoms with Crippen molar-refractivity contribution in [2.24, 2.45) is 5.92 Å². The van der Waals surface area contributed by atoms with E-state index in [9.17, 15) is 0 Å². The number of hydrogen-bond acceptors (Lipinski definition) is 3. The molecular weight excluding hydrogens is 226 g/mol. The highest BCUT2D eigenvalue weighted by molar-refractivity contribution is 5.43. The second-order valence-electron chi connectivity index (χ2n) is 5.16. The van der Waals surface area contributed by atoms with Gasteiger partial charge < -0.3 is 14.8 Å². The van der Waals surface area contributed by atoms with Gasteiger partial charge in [-0.1, -0.05) is 19.9 Å². The Bertz CT molecular complexity index is 377. The monoisotopic (exact) mass is 249 g/mol. The number of fused-ring (bicyclic) bond motifs is 1. The summed E-state index contributed by atoms with van der Waals surface area (Å²) in [6.45, 7) is 7.94. The van der Waals surface area contributed by atoms with E-state index in [1.807, 2.05) is 6.07 Å². The molecule has 1 aromatic carbocycles. The predicted octanol–water partition coefficient (Wildman–Crippen LogP) is 2.64. The topological polar surface area (TPSA) is 30.5 Å². The van der Waals surface area contributed by atoms with Gasteiger partial charge in [-0.15, -0.1) is 0 Å². The van der Waals surface area contributed by atoms with Crippen molar-refractivity contribution >= 4 is 0 Å². The Morgan fingerprint density at radius 3 is 2.67 bits per heavy atom. The maximum atomic E-state index is 5.58. The minimum Gasteiger partial charge on any atom is -0.486 e. The summed E-state index contributed by atoms with van der Waals surface area (Å²) < 4.78 is 11.1. The van der Waals surface area contributed by atoms with Crippen LogP contribution in [0.2, 0.25) is 0 Å². The van der Waals surface area contributed by atoms with Crippen LogP contribution in [0.4, 0.5) is 0 Å². The van der Waals surface area contributed by atoms with Crippen LogP contribution in [0.5, 0.6) is 11.5 Å². The molecule has 1 heterocycles. The van der Waals surface area contributed by atoms with E-state index in [-0.39, 0.29) is 0 Å². The average molecular weight is 249 g/mol. The third-order valence-corrected chi connectivity index (χ3v) is 3.10. The lowest BCUT2D eigenvalue weighted by atomic mass is 10.1. The first-order valence-corrected chi connectivity index (χ1v) is 6.85. The molecule has 0 saturated heterocycles. The highest BCUT2D eigenvalue weighted by atomic mass is 16.6. The molecule has 0 atom stereocenters. The van der Waals surface area contributed by atoms with Gasteiger partial charge in [-0.3, -0.25) is 0 Å². The van der Waals surface area contributed by atoms with Crippen LogP contribution in [0.3, 0.4) is 0 Å². The Morgan fingerprint density at radius 1 is 1.11 bits per heavy atom. The molecular formula is C15H23NO2. The van der Waals surface area contributed by atoms with Crippen molar-refractivity contribution in [3.05, 3.63) is 23.8 Å². The zero-order valence-corrected chi connectivity index (χ0v) is 11.4. The summed E-state index contributed by atoms with van der Waals surface area (Å²) in [6.07, 6.45) is 2.27. The molecule has 3 nitrogen and oxygen atoms in total. The van der Waals surface area contributed by atoms with Gasteiger partial charge in [0.2, 0.25) is 0 Å². The minimum atomic E-state index is 0.656.